The van der Waals surface area contributed by atoms with Crippen molar-refractivity contribution in [3.8, 4) is 0 Å². The van der Waals surface area contributed by atoms with Gasteiger partial charge in [0, 0.05) is 0 Å². The smallest absolute Gasteiger partial charge is 0.348 e. The molecule has 3 rings (SSSR count). The third-order valence-corrected chi connectivity index (χ3v) is 5.43. The first-order chi connectivity index (χ1) is 11.5. The molecule has 0 bridgehead atoms. The van der Waals surface area contributed by atoms with Crippen LogP contribution in [0.3, 0.4) is 0 Å². The van der Waals surface area contributed by atoms with E-state index < -0.39 is 0 Å². The summed E-state index contributed by atoms with van der Waals surface area (Å²) < 4.78 is 9.95. The number of esters is 1. The number of aryl methyl sites for hydroxylation is 1. The molecule has 1 aromatic carbocycles. The number of hydrogen-bond acceptors (Lipinski definition) is 2. The summed E-state index contributed by atoms with van der Waals surface area (Å²) in [5.74, 6) is 1.56. The Balaban J connectivity index is 1.72. The summed E-state index contributed by atoms with van der Waals surface area (Å²) in [7, 11) is 2.00. The Hall–Kier alpha value is -1.84. The van der Waals surface area contributed by atoms with E-state index in [1.807, 2.05) is 40.7 Å². The average molecular weight is 329 g/mol. The lowest BCUT2D eigenvalue weighted by Gasteiger charge is -2.36. The van der Waals surface area contributed by atoms with Gasteiger partial charge in [-0.2, -0.15) is 0 Å². The molecular formula is C20H29N2O2+. The van der Waals surface area contributed by atoms with Gasteiger partial charge in [-0.1, -0.05) is 39.3 Å². The van der Waals surface area contributed by atoms with E-state index in [9.17, 15) is 4.79 Å². The second kappa shape index (κ2) is 6.96. The van der Waals surface area contributed by atoms with E-state index in [0.717, 1.165) is 23.9 Å². The number of fused-ring (bicyclic) bond motifs is 1. The monoisotopic (exact) mass is 329 g/mol. The molecule has 3 atom stereocenters. The van der Waals surface area contributed by atoms with Crippen molar-refractivity contribution >= 4 is 17.0 Å². The van der Waals surface area contributed by atoms with Crippen LogP contribution in [0.1, 0.15) is 40.0 Å². The summed E-state index contributed by atoms with van der Waals surface area (Å²) in [6.45, 7) is 7.01. The number of ether oxygens (including phenoxy) is 1. The predicted molar refractivity (Wildman–Crippen MR) is 94.3 cm³/mol. The number of nitrogens with zero attached hydrogens (tertiary/aromatic N) is 2. The summed E-state index contributed by atoms with van der Waals surface area (Å²) in [5.41, 5.74) is 2.19. The number of carbonyl (C=O) groups excluding carboxylic acids is 1. The van der Waals surface area contributed by atoms with E-state index in [1.165, 1.54) is 6.42 Å². The summed E-state index contributed by atoms with van der Waals surface area (Å²) >= 11 is 0. The minimum absolute atomic E-state index is 0.0665. The maximum Gasteiger partial charge on any atom is 0.348 e. The summed E-state index contributed by atoms with van der Waals surface area (Å²) in [4.78, 5) is 12.6. The van der Waals surface area contributed by atoms with Crippen LogP contribution >= 0.6 is 0 Å². The molecule has 0 spiro atoms. The average Bonchev–Trinajstić information content (AvgIpc) is 2.83. The maximum absolute atomic E-state index is 12.6. The fraction of sp³-hybridized carbons (Fsp3) is 0.600. The van der Waals surface area contributed by atoms with E-state index in [1.54, 1.807) is 0 Å². The Morgan fingerprint density at radius 3 is 2.83 bits per heavy atom. The number of benzene rings is 1. The second-order valence-electron chi connectivity index (χ2n) is 7.70. The van der Waals surface area contributed by atoms with Gasteiger partial charge in [-0.05, 0) is 42.7 Å². The lowest BCUT2D eigenvalue weighted by atomic mass is 9.75. The summed E-state index contributed by atoms with van der Waals surface area (Å²) in [6, 6.07) is 8.13. The lowest BCUT2D eigenvalue weighted by molar-refractivity contribution is -0.645. The molecule has 4 nitrogen and oxygen atoms in total. The quantitative estimate of drug-likeness (QED) is 0.636. The zero-order chi connectivity index (χ0) is 17.3. The van der Waals surface area contributed by atoms with Crippen molar-refractivity contribution in [3.63, 3.8) is 0 Å². The van der Waals surface area contributed by atoms with Crippen LogP contribution in [0.25, 0.3) is 11.0 Å². The van der Waals surface area contributed by atoms with E-state index in [0.29, 0.717) is 17.8 Å². The van der Waals surface area contributed by atoms with Crippen LogP contribution in [-0.2, 0) is 23.1 Å². The number of rotatable bonds is 4. The van der Waals surface area contributed by atoms with Crippen molar-refractivity contribution in [3.05, 3.63) is 30.6 Å². The Bertz CT molecular complexity index is 719. The fourth-order valence-electron chi connectivity index (χ4n) is 4.06. The van der Waals surface area contributed by atoms with Gasteiger partial charge in [0.15, 0.2) is 17.6 Å². The highest BCUT2D eigenvalue weighted by Gasteiger charge is 2.33. The largest absolute Gasteiger partial charge is 0.459 e. The standard InChI is InChI=1S/C20H29N2O2/c1-14(2)16-10-9-15(3)11-19(16)24-20(23)12-22-13-21(4)17-7-5-6-8-18(17)22/h5-8,13-16,19H,9-12H2,1-4H3/q+1/t15-,16+,19+/m1/s1. The molecule has 1 aliphatic rings. The molecule has 2 aromatic rings. The highest BCUT2D eigenvalue weighted by Crippen LogP contribution is 2.35. The lowest BCUT2D eigenvalue weighted by Crippen LogP contribution is -2.36. The van der Waals surface area contributed by atoms with Crippen molar-refractivity contribution in [2.75, 3.05) is 0 Å². The van der Waals surface area contributed by atoms with Gasteiger partial charge in [-0.25, -0.2) is 13.9 Å². The third-order valence-electron chi connectivity index (χ3n) is 5.43. The molecule has 0 saturated heterocycles. The van der Waals surface area contributed by atoms with E-state index >= 15 is 0 Å². The van der Waals surface area contributed by atoms with E-state index in [2.05, 4.69) is 26.8 Å². The van der Waals surface area contributed by atoms with Crippen LogP contribution in [-0.4, -0.2) is 16.6 Å². The summed E-state index contributed by atoms with van der Waals surface area (Å²) in [5, 5.41) is 0. The van der Waals surface area contributed by atoms with Crippen LogP contribution < -0.4 is 4.57 Å². The van der Waals surface area contributed by atoms with Crippen molar-refractivity contribution < 1.29 is 14.1 Å². The molecule has 0 aliphatic heterocycles. The highest BCUT2D eigenvalue weighted by molar-refractivity contribution is 5.75. The summed E-state index contributed by atoms with van der Waals surface area (Å²) in [6.07, 6.45) is 5.44. The van der Waals surface area contributed by atoms with Crippen molar-refractivity contribution in [2.45, 2.75) is 52.7 Å². The van der Waals surface area contributed by atoms with Gasteiger partial charge in [0.05, 0.1) is 7.05 Å². The predicted octanol–water partition coefficient (Wildman–Crippen LogP) is 3.47. The molecule has 1 saturated carbocycles. The Kier molecular flexibility index (Phi) is 4.93. The molecule has 1 aromatic heterocycles. The topological polar surface area (TPSA) is 35.1 Å². The SMILES string of the molecule is CC(C)[C@@H]1CC[C@@H](C)C[C@@H]1OC(=O)Cn1c[n+](C)c2ccccc21. The fourth-order valence-corrected chi connectivity index (χ4v) is 4.06. The molecule has 0 N–H and O–H groups in total. The minimum atomic E-state index is -0.124. The Morgan fingerprint density at radius 2 is 2.08 bits per heavy atom. The number of imidazole rings is 1. The van der Waals surface area contributed by atoms with Crippen LogP contribution in [0, 0.1) is 17.8 Å². The molecule has 1 aliphatic carbocycles. The first kappa shape index (κ1) is 17.0. The maximum atomic E-state index is 12.6. The van der Waals surface area contributed by atoms with Gasteiger partial charge in [-0.3, -0.25) is 0 Å². The van der Waals surface area contributed by atoms with E-state index in [-0.39, 0.29) is 18.6 Å². The number of carbonyl (C=O) groups is 1. The molecule has 24 heavy (non-hydrogen) atoms. The number of aromatic nitrogens is 2. The number of para-hydroxylation sites is 2. The molecule has 1 fully saturated rings. The highest BCUT2D eigenvalue weighted by atomic mass is 16.5. The Morgan fingerprint density at radius 1 is 1.33 bits per heavy atom. The molecule has 0 amide bonds. The second-order valence-corrected chi connectivity index (χ2v) is 7.70. The third kappa shape index (κ3) is 3.47. The van der Waals surface area contributed by atoms with Gasteiger partial charge in [0.1, 0.15) is 6.10 Å². The number of hydrogen-bond donors (Lipinski definition) is 0. The van der Waals surface area contributed by atoms with Crippen molar-refractivity contribution in [1.82, 2.24) is 4.57 Å². The molecule has 0 unspecified atom stereocenters. The van der Waals surface area contributed by atoms with Gasteiger partial charge < -0.3 is 4.74 Å². The molecule has 130 valence electrons. The van der Waals surface area contributed by atoms with Crippen molar-refractivity contribution in [2.24, 2.45) is 24.8 Å². The van der Waals surface area contributed by atoms with Crippen LogP contribution in [0.5, 0.6) is 0 Å². The molecule has 4 heteroatoms. The van der Waals surface area contributed by atoms with Gasteiger partial charge >= 0.3 is 5.97 Å². The van der Waals surface area contributed by atoms with Crippen LogP contribution in [0.2, 0.25) is 0 Å². The normalized spacial score (nSPS) is 24.5. The van der Waals surface area contributed by atoms with Crippen LogP contribution in [0.4, 0.5) is 0 Å². The first-order valence-corrected chi connectivity index (χ1v) is 9.08. The van der Waals surface area contributed by atoms with Crippen LogP contribution in [0.15, 0.2) is 30.6 Å². The van der Waals surface area contributed by atoms with Gasteiger partial charge in [0.25, 0.3) is 0 Å². The van der Waals surface area contributed by atoms with Gasteiger partial charge in [0.2, 0.25) is 6.33 Å². The first-order valence-electron chi connectivity index (χ1n) is 9.08. The van der Waals surface area contributed by atoms with Crippen molar-refractivity contribution in [1.29, 1.82) is 0 Å². The molecule has 0 radical (unpaired) electrons. The molecular weight excluding hydrogens is 300 g/mol. The molecule has 1 heterocycles. The minimum Gasteiger partial charge on any atom is -0.459 e. The van der Waals surface area contributed by atoms with Gasteiger partial charge in [-0.15, -0.1) is 0 Å². The zero-order valence-corrected chi connectivity index (χ0v) is 15.2. The zero-order valence-electron chi connectivity index (χ0n) is 15.2. The Labute approximate surface area is 144 Å². The van der Waals surface area contributed by atoms with E-state index in [4.69, 9.17) is 4.74 Å².